The highest BCUT2D eigenvalue weighted by Crippen LogP contribution is 2.42. The molecule has 0 bridgehead atoms. The van der Waals surface area contributed by atoms with E-state index in [-0.39, 0.29) is 17.2 Å². The van der Waals surface area contributed by atoms with E-state index in [9.17, 15) is 14.7 Å². The lowest BCUT2D eigenvalue weighted by atomic mass is 9.95. The Morgan fingerprint density at radius 1 is 1.26 bits per heavy atom. The molecular formula is C19H13BrN2O5. The second-order valence-electron chi connectivity index (χ2n) is 6.00. The number of hydrogen-bond donors (Lipinski definition) is 1. The zero-order valence-corrected chi connectivity index (χ0v) is 15.6. The first kappa shape index (κ1) is 17.3. The molecule has 1 atom stereocenters. The normalized spacial score (nSPS) is 17.0. The number of aliphatic hydroxyl groups is 1. The number of aryl methyl sites for hydroxylation is 1. The Kier molecular flexibility index (Phi) is 4.19. The van der Waals surface area contributed by atoms with Gasteiger partial charge in [-0.05, 0) is 36.8 Å². The number of anilines is 1. The molecule has 1 aliphatic heterocycles. The van der Waals surface area contributed by atoms with Crippen molar-refractivity contribution in [3.63, 3.8) is 0 Å². The van der Waals surface area contributed by atoms with Crippen LogP contribution in [-0.2, 0) is 4.79 Å². The molecular weight excluding hydrogens is 416 g/mol. The Morgan fingerprint density at radius 2 is 2.07 bits per heavy atom. The average Bonchev–Trinajstić information content (AvgIpc) is 3.36. The number of nitrogens with zero attached hydrogens (tertiary/aromatic N) is 2. The predicted octanol–water partition coefficient (Wildman–Crippen LogP) is 4.12. The second-order valence-corrected chi connectivity index (χ2v) is 6.91. The van der Waals surface area contributed by atoms with E-state index >= 15 is 0 Å². The van der Waals surface area contributed by atoms with E-state index in [2.05, 4.69) is 21.1 Å². The molecule has 2 aromatic heterocycles. The Balaban J connectivity index is 1.89. The SMILES string of the molecule is Cc1cc(N2C(=O)C(O)=C(C(=O)c3ccco3)[C@H]2c2cccc(Br)c2)no1. The van der Waals surface area contributed by atoms with E-state index in [1.807, 2.05) is 6.07 Å². The van der Waals surface area contributed by atoms with Gasteiger partial charge in [0.05, 0.1) is 17.9 Å². The number of carbonyl (C=O) groups is 2. The standard InChI is InChI=1S/C19H13BrN2O5/c1-10-8-14(21-27-10)22-16(11-4-2-5-12(20)9-11)15(18(24)19(22)25)17(23)13-6-3-7-26-13/h2-9,16,24H,1H3/t16-/m1/s1. The Bertz CT molecular complexity index is 1070. The van der Waals surface area contributed by atoms with Crippen molar-refractivity contribution in [3.05, 3.63) is 81.6 Å². The van der Waals surface area contributed by atoms with Gasteiger partial charge in [-0.25, -0.2) is 0 Å². The van der Waals surface area contributed by atoms with Crippen molar-refractivity contribution >= 4 is 33.4 Å². The van der Waals surface area contributed by atoms with Crippen LogP contribution in [0.1, 0.15) is 27.9 Å². The topological polar surface area (TPSA) is 96.8 Å². The fraction of sp³-hybridized carbons (Fsp3) is 0.105. The molecule has 1 aromatic carbocycles. The first-order chi connectivity index (χ1) is 13.0. The molecule has 4 rings (SSSR count). The smallest absolute Gasteiger partial charge is 0.295 e. The van der Waals surface area contributed by atoms with Crippen LogP contribution in [0.4, 0.5) is 5.82 Å². The summed E-state index contributed by atoms with van der Waals surface area (Å²) in [7, 11) is 0. The molecule has 3 aromatic rings. The van der Waals surface area contributed by atoms with Crippen LogP contribution >= 0.6 is 15.9 Å². The number of Topliss-reactive ketones (excluding diaryl/α,β-unsaturated/α-hetero) is 1. The summed E-state index contributed by atoms with van der Waals surface area (Å²) in [5.41, 5.74) is 0.547. The number of rotatable bonds is 4. The number of carbonyl (C=O) groups excluding carboxylic acids is 2. The maximum atomic E-state index is 13.0. The molecule has 0 unspecified atom stereocenters. The number of aliphatic hydroxyl groups excluding tert-OH is 1. The van der Waals surface area contributed by atoms with E-state index in [0.717, 1.165) is 4.47 Å². The summed E-state index contributed by atoms with van der Waals surface area (Å²) in [5, 5.41) is 14.4. The molecule has 1 amide bonds. The van der Waals surface area contributed by atoms with Gasteiger partial charge in [0.15, 0.2) is 17.3 Å². The lowest BCUT2D eigenvalue weighted by molar-refractivity contribution is -0.117. The van der Waals surface area contributed by atoms with Gasteiger partial charge in [0.1, 0.15) is 5.76 Å². The van der Waals surface area contributed by atoms with E-state index in [1.165, 1.54) is 17.2 Å². The number of ketones is 1. The minimum atomic E-state index is -0.878. The molecule has 0 saturated heterocycles. The summed E-state index contributed by atoms with van der Waals surface area (Å²) in [6.07, 6.45) is 1.36. The average molecular weight is 429 g/mol. The zero-order chi connectivity index (χ0) is 19.1. The van der Waals surface area contributed by atoms with Gasteiger partial charge >= 0.3 is 0 Å². The van der Waals surface area contributed by atoms with Gasteiger partial charge in [-0.15, -0.1) is 0 Å². The third-order valence-electron chi connectivity index (χ3n) is 4.22. The largest absolute Gasteiger partial charge is 0.503 e. The van der Waals surface area contributed by atoms with Crippen LogP contribution in [0.3, 0.4) is 0 Å². The molecule has 8 heteroatoms. The highest BCUT2D eigenvalue weighted by Gasteiger charge is 2.46. The molecule has 7 nitrogen and oxygen atoms in total. The van der Waals surface area contributed by atoms with Crippen molar-refractivity contribution in [1.82, 2.24) is 5.16 Å². The molecule has 0 aliphatic carbocycles. The van der Waals surface area contributed by atoms with Crippen LogP contribution < -0.4 is 4.90 Å². The third kappa shape index (κ3) is 2.87. The van der Waals surface area contributed by atoms with E-state index < -0.39 is 23.5 Å². The van der Waals surface area contributed by atoms with Crippen LogP contribution in [0, 0.1) is 6.92 Å². The maximum absolute atomic E-state index is 13.0. The summed E-state index contributed by atoms with van der Waals surface area (Å²) >= 11 is 3.40. The van der Waals surface area contributed by atoms with Crippen LogP contribution in [0.2, 0.25) is 0 Å². The number of furan rings is 1. The molecule has 0 saturated carbocycles. The van der Waals surface area contributed by atoms with Crippen molar-refractivity contribution < 1.29 is 23.6 Å². The van der Waals surface area contributed by atoms with Gasteiger partial charge in [0.25, 0.3) is 5.91 Å². The van der Waals surface area contributed by atoms with Crippen LogP contribution in [0.15, 0.2) is 73.5 Å². The van der Waals surface area contributed by atoms with Crippen molar-refractivity contribution in [2.24, 2.45) is 0 Å². The van der Waals surface area contributed by atoms with Crippen molar-refractivity contribution in [2.75, 3.05) is 4.90 Å². The van der Waals surface area contributed by atoms with Gasteiger partial charge in [-0.1, -0.05) is 33.2 Å². The monoisotopic (exact) mass is 428 g/mol. The van der Waals surface area contributed by atoms with Gasteiger partial charge in [0.2, 0.25) is 5.78 Å². The van der Waals surface area contributed by atoms with Gasteiger partial charge in [0, 0.05) is 10.5 Å². The first-order valence-electron chi connectivity index (χ1n) is 8.01. The summed E-state index contributed by atoms with van der Waals surface area (Å²) in [4.78, 5) is 27.0. The minimum absolute atomic E-state index is 0.0301. The molecule has 1 aliphatic rings. The van der Waals surface area contributed by atoms with Crippen LogP contribution in [0.5, 0.6) is 0 Å². The predicted molar refractivity (Wildman–Crippen MR) is 98.3 cm³/mol. The minimum Gasteiger partial charge on any atom is -0.503 e. The zero-order valence-electron chi connectivity index (χ0n) is 14.0. The van der Waals surface area contributed by atoms with E-state index in [1.54, 1.807) is 37.3 Å². The lowest BCUT2D eigenvalue weighted by Gasteiger charge is -2.24. The molecule has 0 radical (unpaired) electrons. The molecule has 136 valence electrons. The van der Waals surface area contributed by atoms with Crippen molar-refractivity contribution in [2.45, 2.75) is 13.0 Å². The van der Waals surface area contributed by atoms with Gasteiger partial charge < -0.3 is 14.0 Å². The number of aromatic nitrogens is 1. The van der Waals surface area contributed by atoms with E-state index in [4.69, 9.17) is 8.94 Å². The van der Waals surface area contributed by atoms with Gasteiger partial charge in [-0.3, -0.25) is 14.5 Å². The number of amides is 1. The van der Waals surface area contributed by atoms with Gasteiger partial charge in [-0.2, -0.15) is 0 Å². The fourth-order valence-corrected chi connectivity index (χ4v) is 3.49. The number of hydrogen-bond acceptors (Lipinski definition) is 6. The molecule has 0 spiro atoms. The highest BCUT2D eigenvalue weighted by atomic mass is 79.9. The Labute approximate surface area is 162 Å². The van der Waals surface area contributed by atoms with Crippen molar-refractivity contribution in [3.8, 4) is 0 Å². The van der Waals surface area contributed by atoms with Crippen LogP contribution in [0.25, 0.3) is 0 Å². The lowest BCUT2D eigenvalue weighted by Crippen LogP contribution is -2.31. The first-order valence-corrected chi connectivity index (χ1v) is 8.80. The fourth-order valence-electron chi connectivity index (χ4n) is 3.07. The molecule has 1 N–H and O–H groups in total. The highest BCUT2D eigenvalue weighted by molar-refractivity contribution is 9.10. The Morgan fingerprint density at radius 3 is 2.70 bits per heavy atom. The molecule has 3 heterocycles. The second kappa shape index (κ2) is 6.55. The van der Waals surface area contributed by atoms with Crippen molar-refractivity contribution in [1.29, 1.82) is 0 Å². The third-order valence-corrected chi connectivity index (χ3v) is 4.72. The molecule has 0 fully saturated rings. The summed E-state index contributed by atoms with van der Waals surface area (Å²) in [5.74, 6) is -1.21. The maximum Gasteiger partial charge on any atom is 0.295 e. The summed E-state index contributed by atoms with van der Waals surface area (Å²) in [6, 6.07) is 10.9. The summed E-state index contributed by atoms with van der Waals surface area (Å²) < 4.78 is 11.0. The number of halogens is 1. The van der Waals surface area contributed by atoms with E-state index in [0.29, 0.717) is 11.3 Å². The number of benzene rings is 1. The molecule has 27 heavy (non-hydrogen) atoms. The Hall–Kier alpha value is -3.13. The quantitative estimate of drug-likeness (QED) is 0.627. The van der Waals surface area contributed by atoms with Crippen LogP contribution in [-0.4, -0.2) is 22.0 Å². The summed E-state index contributed by atoms with van der Waals surface area (Å²) in [6.45, 7) is 1.69.